The van der Waals surface area contributed by atoms with Crippen LogP contribution >= 0.6 is 11.6 Å². The minimum absolute atomic E-state index is 0.0277. The molecule has 36 heavy (non-hydrogen) atoms. The first kappa shape index (κ1) is 29.9. The number of rotatable bonds is 9. The van der Waals surface area contributed by atoms with Gasteiger partial charge in [-0.25, -0.2) is 4.79 Å². The van der Waals surface area contributed by atoms with Crippen molar-refractivity contribution in [2.45, 2.75) is 71.6 Å². The van der Waals surface area contributed by atoms with Crippen LogP contribution in [-0.4, -0.2) is 70.9 Å². The molecule has 1 saturated heterocycles. The predicted molar refractivity (Wildman–Crippen MR) is 137 cm³/mol. The van der Waals surface area contributed by atoms with E-state index in [-0.39, 0.29) is 31.4 Å². The molecule has 4 N–H and O–H groups in total. The number of halogens is 1. The summed E-state index contributed by atoms with van der Waals surface area (Å²) in [5.74, 6) is -0.968. The Balaban J connectivity index is 2.04. The Morgan fingerprint density at radius 1 is 1.19 bits per heavy atom. The number of carbonyl (C=O) groups excluding carboxylic acids is 3. The summed E-state index contributed by atoms with van der Waals surface area (Å²) in [6, 6.07) is 5.79. The molecular formula is C26H40ClN3O6. The number of benzene rings is 1. The number of likely N-dealkylation sites (tertiary alicyclic amines) is 1. The highest BCUT2D eigenvalue weighted by molar-refractivity contribution is 6.30. The summed E-state index contributed by atoms with van der Waals surface area (Å²) in [6.45, 7) is 11.2. The molecule has 1 heterocycles. The zero-order chi connectivity index (χ0) is 27.3. The van der Waals surface area contributed by atoms with Gasteiger partial charge in [-0.1, -0.05) is 51.4 Å². The van der Waals surface area contributed by atoms with Crippen molar-refractivity contribution in [1.29, 1.82) is 0 Å². The molecule has 2 unspecified atom stereocenters. The van der Waals surface area contributed by atoms with Gasteiger partial charge in [-0.15, -0.1) is 0 Å². The van der Waals surface area contributed by atoms with E-state index in [1.165, 1.54) is 0 Å². The monoisotopic (exact) mass is 525 g/mol. The lowest BCUT2D eigenvalue weighted by Crippen LogP contribution is -2.61. The zero-order valence-electron chi connectivity index (χ0n) is 22.1. The molecule has 202 valence electrons. The number of ether oxygens (including phenoxy) is 1. The van der Waals surface area contributed by atoms with Gasteiger partial charge in [0.2, 0.25) is 5.91 Å². The van der Waals surface area contributed by atoms with Crippen LogP contribution in [0.15, 0.2) is 24.3 Å². The second kappa shape index (κ2) is 11.8. The summed E-state index contributed by atoms with van der Waals surface area (Å²) in [4.78, 5) is 39.4. The molecule has 1 fully saturated rings. The molecule has 1 aromatic carbocycles. The number of hydrogen-bond donors (Lipinski definition) is 4. The largest absolute Gasteiger partial charge is 0.458 e. The number of aliphatic hydroxyl groups is 2. The van der Waals surface area contributed by atoms with Crippen LogP contribution in [-0.2, 0) is 19.9 Å². The number of esters is 1. The van der Waals surface area contributed by atoms with E-state index in [1.807, 2.05) is 39.8 Å². The number of nitrogens with zero attached hydrogens (tertiary/aromatic N) is 1. The fourth-order valence-corrected chi connectivity index (χ4v) is 4.58. The maximum Gasteiger partial charge on any atom is 0.315 e. The number of amides is 3. The van der Waals surface area contributed by atoms with Crippen molar-refractivity contribution >= 4 is 29.5 Å². The first-order chi connectivity index (χ1) is 16.6. The lowest BCUT2D eigenvalue weighted by atomic mass is 9.66. The van der Waals surface area contributed by atoms with Crippen molar-refractivity contribution in [1.82, 2.24) is 15.5 Å². The molecule has 9 nitrogen and oxygen atoms in total. The van der Waals surface area contributed by atoms with Crippen LogP contribution < -0.4 is 10.6 Å². The summed E-state index contributed by atoms with van der Waals surface area (Å²) < 4.78 is 5.26. The minimum atomic E-state index is -1.13. The summed E-state index contributed by atoms with van der Waals surface area (Å²) >= 11 is 6.01. The summed E-state index contributed by atoms with van der Waals surface area (Å²) in [6.07, 6.45) is 0.219. The van der Waals surface area contributed by atoms with Gasteiger partial charge in [-0.2, -0.15) is 0 Å². The Labute approximate surface area is 218 Å². The summed E-state index contributed by atoms with van der Waals surface area (Å²) in [5, 5.41) is 26.4. The third-order valence-corrected chi connectivity index (χ3v) is 6.93. The predicted octanol–water partition coefficient (Wildman–Crippen LogP) is 2.81. The molecule has 2 rings (SSSR count). The van der Waals surface area contributed by atoms with E-state index in [0.29, 0.717) is 24.5 Å². The Kier molecular flexibility index (Phi) is 9.78. The van der Waals surface area contributed by atoms with Crippen LogP contribution in [0.4, 0.5) is 4.79 Å². The first-order valence-corrected chi connectivity index (χ1v) is 12.6. The lowest BCUT2D eigenvalue weighted by Gasteiger charge is -2.51. The average molecular weight is 526 g/mol. The third-order valence-electron chi connectivity index (χ3n) is 6.68. The van der Waals surface area contributed by atoms with E-state index in [1.54, 1.807) is 30.9 Å². The van der Waals surface area contributed by atoms with Gasteiger partial charge < -0.3 is 30.5 Å². The van der Waals surface area contributed by atoms with Gasteiger partial charge in [0.25, 0.3) is 0 Å². The quantitative estimate of drug-likeness (QED) is 0.367. The van der Waals surface area contributed by atoms with E-state index in [2.05, 4.69) is 10.6 Å². The number of aliphatic hydroxyl groups excluding tert-OH is 1. The third kappa shape index (κ3) is 7.33. The second-order valence-electron chi connectivity index (χ2n) is 11.0. The van der Waals surface area contributed by atoms with Crippen molar-refractivity contribution in [3.63, 3.8) is 0 Å². The second-order valence-corrected chi connectivity index (χ2v) is 11.5. The summed E-state index contributed by atoms with van der Waals surface area (Å²) in [7, 11) is 0. The average Bonchev–Trinajstić information content (AvgIpc) is 2.77. The fourth-order valence-electron chi connectivity index (χ4n) is 4.45. The zero-order valence-corrected chi connectivity index (χ0v) is 22.8. The Morgan fingerprint density at radius 2 is 1.81 bits per heavy atom. The van der Waals surface area contributed by atoms with Gasteiger partial charge >= 0.3 is 12.0 Å². The van der Waals surface area contributed by atoms with Crippen molar-refractivity contribution in [2.75, 3.05) is 26.2 Å². The maximum atomic E-state index is 13.5. The Hall–Kier alpha value is -2.36. The number of carbonyl (C=O) groups is 3. The van der Waals surface area contributed by atoms with Crippen LogP contribution in [0.5, 0.6) is 0 Å². The van der Waals surface area contributed by atoms with Crippen LogP contribution in [0, 0.1) is 11.3 Å². The SMILES string of the molecule is CC(C)C(NC(=O)NCC(C)(C)OC(=O)CCO)C(=O)N1CCC(O)(c2ccc(Cl)cc2)C(C)(C)C1. The minimum Gasteiger partial charge on any atom is -0.458 e. The number of hydrogen-bond acceptors (Lipinski definition) is 6. The van der Waals surface area contributed by atoms with Crippen LogP contribution in [0.3, 0.4) is 0 Å². The van der Waals surface area contributed by atoms with E-state index >= 15 is 0 Å². The lowest BCUT2D eigenvalue weighted by molar-refractivity contribution is -0.156. The van der Waals surface area contributed by atoms with Gasteiger partial charge in [0.1, 0.15) is 11.6 Å². The van der Waals surface area contributed by atoms with Gasteiger partial charge in [-0.3, -0.25) is 9.59 Å². The molecule has 0 bridgehead atoms. The fraction of sp³-hybridized carbons (Fsp3) is 0.654. The van der Waals surface area contributed by atoms with Crippen LogP contribution in [0.2, 0.25) is 5.02 Å². The molecular weight excluding hydrogens is 486 g/mol. The maximum absolute atomic E-state index is 13.5. The van der Waals surface area contributed by atoms with Crippen LogP contribution in [0.25, 0.3) is 0 Å². The van der Waals surface area contributed by atoms with Gasteiger partial charge in [0, 0.05) is 23.5 Å². The molecule has 0 saturated carbocycles. The molecule has 10 heteroatoms. The summed E-state index contributed by atoms with van der Waals surface area (Å²) in [5.41, 5.74) is -2.01. The van der Waals surface area contributed by atoms with Gasteiger partial charge in [0.05, 0.1) is 25.2 Å². The molecule has 1 aliphatic heterocycles. The van der Waals surface area contributed by atoms with Gasteiger partial charge in [-0.05, 0) is 43.9 Å². The highest BCUT2D eigenvalue weighted by Gasteiger charge is 2.50. The normalized spacial score (nSPS) is 20.6. The van der Waals surface area contributed by atoms with Crippen molar-refractivity contribution in [3.05, 3.63) is 34.9 Å². The molecule has 0 spiro atoms. The topological polar surface area (TPSA) is 128 Å². The van der Waals surface area contributed by atoms with Crippen molar-refractivity contribution < 1.29 is 29.3 Å². The number of piperidine rings is 1. The molecule has 1 aromatic rings. The molecule has 0 aromatic heterocycles. The highest BCUT2D eigenvalue weighted by atomic mass is 35.5. The highest BCUT2D eigenvalue weighted by Crippen LogP contribution is 2.46. The van der Waals surface area contributed by atoms with Crippen LogP contribution in [0.1, 0.15) is 59.9 Å². The number of nitrogens with one attached hydrogen (secondary N) is 2. The standard InChI is InChI=1S/C26H40ClN3O6/c1-17(2)21(29-23(34)28-15-25(5,6)36-20(32)11-14-31)22(33)30-13-12-26(35,24(3,4)16-30)18-7-9-19(27)10-8-18/h7-10,17,21,31,35H,11-16H2,1-6H3,(H2,28,29,34). The smallest absolute Gasteiger partial charge is 0.315 e. The molecule has 1 aliphatic rings. The van der Waals surface area contributed by atoms with E-state index < -0.39 is 34.7 Å². The molecule has 0 radical (unpaired) electrons. The molecule has 3 amide bonds. The van der Waals surface area contributed by atoms with E-state index in [4.69, 9.17) is 21.4 Å². The Bertz CT molecular complexity index is 934. The van der Waals surface area contributed by atoms with Crippen molar-refractivity contribution in [2.24, 2.45) is 11.3 Å². The van der Waals surface area contributed by atoms with Gasteiger partial charge in [0.15, 0.2) is 0 Å². The first-order valence-electron chi connectivity index (χ1n) is 12.3. The molecule has 2 atom stereocenters. The Morgan fingerprint density at radius 3 is 2.33 bits per heavy atom. The van der Waals surface area contributed by atoms with E-state index in [9.17, 15) is 19.5 Å². The van der Waals surface area contributed by atoms with E-state index in [0.717, 1.165) is 5.56 Å². The molecule has 0 aliphatic carbocycles. The number of urea groups is 1. The van der Waals surface area contributed by atoms with Crippen molar-refractivity contribution in [3.8, 4) is 0 Å².